The van der Waals surface area contributed by atoms with Crippen LogP contribution in [0.1, 0.15) is 16.1 Å². The van der Waals surface area contributed by atoms with E-state index in [-0.39, 0.29) is 5.91 Å². The highest BCUT2D eigenvalue weighted by Gasteiger charge is 2.10. The number of furan rings is 1. The zero-order valence-electron chi connectivity index (χ0n) is 8.59. The number of ether oxygens (including phenoxy) is 1. The molecule has 15 heavy (non-hydrogen) atoms. The number of aryl methyl sites for hydroxylation is 1. The van der Waals surface area contributed by atoms with Gasteiger partial charge in [0, 0.05) is 18.0 Å². The highest BCUT2D eigenvalue weighted by molar-refractivity contribution is 6.17. The number of alkyl halides is 1. The van der Waals surface area contributed by atoms with E-state index in [1.165, 1.54) is 6.26 Å². The molecule has 1 N–H and O–H groups in total. The first-order valence-corrected chi connectivity index (χ1v) is 5.25. The highest BCUT2D eigenvalue weighted by atomic mass is 35.5. The van der Waals surface area contributed by atoms with Gasteiger partial charge in [0.1, 0.15) is 0 Å². The molecule has 1 amide bonds. The van der Waals surface area contributed by atoms with Gasteiger partial charge in [-0.25, -0.2) is 0 Å². The van der Waals surface area contributed by atoms with E-state index in [4.69, 9.17) is 20.8 Å². The second-order valence-corrected chi connectivity index (χ2v) is 3.37. The lowest BCUT2D eigenvalue weighted by molar-refractivity contribution is 0.0896. The Kier molecular flexibility index (Phi) is 5.21. The molecule has 1 heterocycles. The van der Waals surface area contributed by atoms with E-state index < -0.39 is 0 Å². The smallest absolute Gasteiger partial charge is 0.287 e. The first-order chi connectivity index (χ1) is 7.25. The SMILES string of the molecule is Cc1ccoc1C(=O)NCCOCCCl. The number of carbonyl (C=O) groups is 1. The average Bonchev–Trinajstić information content (AvgIpc) is 2.64. The fourth-order valence-corrected chi connectivity index (χ4v) is 1.19. The fraction of sp³-hybridized carbons (Fsp3) is 0.500. The van der Waals surface area contributed by atoms with Crippen LogP contribution in [0.15, 0.2) is 16.7 Å². The standard InChI is InChI=1S/C10H14ClNO3/c1-8-2-5-15-9(8)10(13)12-4-7-14-6-3-11/h2,5H,3-4,6-7H2,1H3,(H,12,13). The second-order valence-electron chi connectivity index (χ2n) is 2.99. The van der Waals surface area contributed by atoms with E-state index >= 15 is 0 Å². The Hall–Kier alpha value is -1.00. The molecule has 0 aliphatic carbocycles. The summed E-state index contributed by atoms with van der Waals surface area (Å²) in [6, 6.07) is 1.75. The Balaban J connectivity index is 2.22. The summed E-state index contributed by atoms with van der Waals surface area (Å²) in [5.74, 6) is 0.602. The Morgan fingerprint density at radius 2 is 2.40 bits per heavy atom. The van der Waals surface area contributed by atoms with Crippen LogP contribution in [-0.4, -0.2) is 31.5 Å². The van der Waals surface area contributed by atoms with Gasteiger partial charge in [-0.1, -0.05) is 0 Å². The summed E-state index contributed by atoms with van der Waals surface area (Å²) in [5.41, 5.74) is 0.828. The third-order valence-electron chi connectivity index (χ3n) is 1.82. The molecule has 1 aromatic rings. The van der Waals surface area contributed by atoms with Crippen molar-refractivity contribution in [2.75, 3.05) is 25.6 Å². The summed E-state index contributed by atoms with van der Waals surface area (Å²) in [5, 5.41) is 2.68. The Morgan fingerprint density at radius 1 is 1.60 bits per heavy atom. The summed E-state index contributed by atoms with van der Waals surface area (Å²) in [6.45, 7) is 3.23. The minimum atomic E-state index is -0.216. The van der Waals surface area contributed by atoms with E-state index in [2.05, 4.69) is 5.32 Å². The number of amides is 1. The summed E-state index contributed by atoms with van der Waals surface area (Å²) >= 11 is 5.42. The highest BCUT2D eigenvalue weighted by Crippen LogP contribution is 2.07. The number of nitrogens with one attached hydrogen (secondary N) is 1. The molecule has 0 saturated heterocycles. The summed E-state index contributed by atoms with van der Waals surface area (Å²) in [7, 11) is 0. The molecule has 0 saturated carbocycles. The van der Waals surface area contributed by atoms with E-state index in [0.29, 0.717) is 31.4 Å². The number of halogens is 1. The molecule has 0 aromatic carbocycles. The average molecular weight is 232 g/mol. The molecule has 0 spiro atoms. The van der Waals surface area contributed by atoms with Crippen LogP contribution in [0.5, 0.6) is 0 Å². The van der Waals surface area contributed by atoms with E-state index in [9.17, 15) is 4.79 Å². The minimum Gasteiger partial charge on any atom is -0.459 e. The van der Waals surface area contributed by atoms with Crippen molar-refractivity contribution in [2.45, 2.75) is 6.92 Å². The molecular formula is C10H14ClNO3. The largest absolute Gasteiger partial charge is 0.459 e. The van der Waals surface area contributed by atoms with E-state index in [1.807, 2.05) is 6.92 Å². The molecule has 0 atom stereocenters. The first kappa shape index (κ1) is 12.1. The lowest BCUT2D eigenvalue weighted by atomic mass is 10.3. The maximum atomic E-state index is 11.5. The predicted octanol–water partition coefficient (Wildman–Crippen LogP) is 1.57. The van der Waals surface area contributed by atoms with E-state index in [0.717, 1.165) is 5.56 Å². The molecule has 0 radical (unpaired) electrons. The normalized spacial score (nSPS) is 10.3. The first-order valence-electron chi connectivity index (χ1n) is 4.71. The van der Waals surface area contributed by atoms with Crippen LogP contribution in [0.3, 0.4) is 0 Å². The summed E-state index contributed by atoms with van der Waals surface area (Å²) in [6.07, 6.45) is 1.49. The number of carbonyl (C=O) groups excluding carboxylic acids is 1. The van der Waals surface area contributed by atoms with Crippen molar-refractivity contribution in [3.8, 4) is 0 Å². The van der Waals surface area contributed by atoms with Gasteiger partial charge >= 0.3 is 0 Å². The topological polar surface area (TPSA) is 51.5 Å². The van der Waals surface area contributed by atoms with Crippen molar-refractivity contribution in [3.05, 3.63) is 23.7 Å². The molecule has 0 fully saturated rings. The molecule has 0 aliphatic rings. The van der Waals surface area contributed by atoms with Crippen LogP contribution in [0.4, 0.5) is 0 Å². The molecule has 0 bridgehead atoms. The van der Waals surface area contributed by atoms with Crippen LogP contribution in [0.2, 0.25) is 0 Å². The van der Waals surface area contributed by atoms with Crippen LogP contribution in [0, 0.1) is 6.92 Å². The van der Waals surface area contributed by atoms with Gasteiger partial charge in [0.25, 0.3) is 5.91 Å². The van der Waals surface area contributed by atoms with Gasteiger partial charge in [-0.2, -0.15) is 0 Å². The Morgan fingerprint density at radius 3 is 3.00 bits per heavy atom. The molecule has 1 aromatic heterocycles. The third-order valence-corrected chi connectivity index (χ3v) is 1.98. The molecule has 5 heteroatoms. The van der Waals surface area contributed by atoms with Crippen LogP contribution < -0.4 is 5.32 Å². The van der Waals surface area contributed by atoms with Crippen LogP contribution >= 0.6 is 11.6 Å². The van der Waals surface area contributed by atoms with Gasteiger partial charge in [0.15, 0.2) is 5.76 Å². The number of rotatable bonds is 6. The summed E-state index contributed by atoms with van der Waals surface area (Å²) < 4.78 is 10.1. The molecule has 84 valence electrons. The number of hydrogen-bond donors (Lipinski definition) is 1. The van der Waals surface area contributed by atoms with Gasteiger partial charge in [-0.05, 0) is 13.0 Å². The van der Waals surface area contributed by atoms with Crippen molar-refractivity contribution in [3.63, 3.8) is 0 Å². The Bertz CT molecular complexity index is 311. The zero-order valence-corrected chi connectivity index (χ0v) is 9.34. The maximum absolute atomic E-state index is 11.5. The quantitative estimate of drug-likeness (QED) is 0.597. The van der Waals surface area contributed by atoms with Gasteiger partial charge in [-0.15, -0.1) is 11.6 Å². The lowest BCUT2D eigenvalue weighted by Crippen LogP contribution is -2.27. The van der Waals surface area contributed by atoms with Crippen molar-refractivity contribution in [1.29, 1.82) is 0 Å². The molecule has 0 aliphatic heterocycles. The fourth-order valence-electron chi connectivity index (χ4n) is 1.08. The predicted molar refractivity (Wildman–Crippen MR) is 57.3 cm³/mol. The van der Waals surface area contributed by atoms with Crippen molar-refractivity contribution in [1.82, 2.24) is 5.32 Å². The second kappa shape index (κ2) is 6.48. The third kappa shape index (κ3) is 3.93. The minimum absolute atomic E-state index is 0.216. The molecule has 4 nitrogen and oxygen atoms in total. The van der Waals surface area contributed by atoms with Gasteiger partial charge in [0.2, 0.25) is 0 Å². The van der Waals surface area contributed by atoms with Crippen LogP contribution in [-0.2, 0) is 4.74 Å². The molecule has 0 unspecified atom stereocenters. The lowest BCUT2D eigenvalue weighted by Gasteiger charge is -2.04. The van der Waals surface area contributed by atoms with Crippen molar-refractivity contribution >= 4 is 17.5 Å². The van der Waals surface area contributed by atoms with Crippen LogP contribution in [0.25, 0.3) is 0 Å². The molecular weight excluding hydrogens is 218 g/mol. The van der Waals surface area contributed by atoms with Gasteiger partial charge in [-0.3, -0.25) is 4.79 Å². The Labute approximate surface area is 93.5 Å². The number of hydrogen-bond acceptors (Lipinski definition) is 3. The monoisotopic (exact) mass is 231 g/mol. The van der Waals surface area contributed by atoms with Crippen molar-refractivity contribution < 1.29 is 13.9 Å². The maximum Gasteiger partial charge on any atom is 0.287 e. The van der Waals surface area contributed by atoms with Gasteiger partial charge in [0.05, 0.1) is 19.5 Å². The van der Waals surface area contributed by atoms with E-state index in [1.54, 1.807) is 6.07 Å². The van der Waals surface area contributed by atoms with Crippen molar-refractivity contribution in [2.24, 2.45) is 0 Å². The zero-order chi connectivity index (χ0) is 11.1. The van der Waals surface area contributed by atoms with Gasteiger partial charge < -0.3 is 14.5 Å². The molecule has 1 rings (SSSR count). The summed E-state index contributed by atoms with van der Waals surface area (Å²) in [4.78, 5) is 11.5.